The molecule has 0 N–H and O–H groups in total. The third-order valence-electron chi connectivity index (χ3n) is 2.38. The fraction of sp³-hybridized carbons (Fsp3) is 0.875. The van der Waals surface area contributed by atoms with E-state index in [0.29, 0.717) is 4.75 Å². The molecule has 3 heteroatoms. The van der Waals surface area contributed by atoms with Gasteiger partial charge in [-0.15, -0.1) is 0 Å². The summed E-state index contributed by atoms with van der Waals surface area (Å²) in [6.45, 7) is 0.873. The first-order chi connectivity index (χ1) is 5.33. The fourth-order valence-corrected chi connectivity index (χ4v) is 2.58. The molecule has 1 aliphatic carbocycles. The Morgan fingerprint density at radius 2 is 2.18 bits per heavy atom. The zero-order valence-corrected chi connectivity index (χ0v) is 8.43. The number of aliphatic imine (C=N–C) groups is 1. The Labute approximate surface area is 77.7 Å². The lowest BCUT2D eigenvalue weighted by Gasteiger charge is -2.23. The van der Waals surface area contributed by atoms with Gasteiger partial charge in [-0.3, -0.25) is 0 Å². The number of isothiocyanates is 1. The lowest BCUT2D eigenvalue weighted by atomic mass is 10.1. The number of thioether (sulfide) groups is 1. The quantitative estimate of drug-likeness (QED) is 0.497. The first-order valence-electron chi connectivity index (χ1n) is 3.92. The van der Waals surface area contributed by atoms with Gasteiger partial charge < -0.3 is 0 Å². The Bertz CT molecular complexity index is 167. The maximum absolute atomic E-state index is 4.56. The van der Waals surface area contributed by atoms with E-state index in [1.165, 1.54) is 25.7 Å². The van der Waals surface area contributed by atoms with Crippen LogP contribution in [-0.2, 0) is 0 Å². The van der Waals surface area contributed by atoms with Crippen LogP contribution in [0.1, 0.15) is 25.7 Å². The van der Waals surface area contributed by atoms with Gasteiger partial charge in [0.1, 0.15) is 0 Å². The summed E-state index contributed by atoms with van der Waals surface area (Å²) in [5, 5.41) is 2.45. The molecule has 0 radical (unpaired) electrons. The Hall–Kier alpha value is 0.150. The van der Waals surface area contributed by atoms with E-state index >= 15 is 0 Å². The van der Waals surface area contributed by atoms with E-state index in [9.17, 15) is 0 Å². The van der Waals surface area contributed by atoms with Crippen molar-refractivity contribution in [3.05, 3.63) is 0 Å². The van der Waals surface area contributed by atoms with Gasteiger partial charge in [0.15, 0.2) is 0 Å². The minimum absolute atomic E-state index is 0.409. The van der Waals surface area contributed by atoms with Crippen molar-refractivity contribution in [2.45, 2.75) is 30.4 Å². The summed E-state index contributed by atoms with van der Waals surface area (Å²) in [7, 11) is 0. The SMILES string of the molecule is CSC1(CN=C=S)CCCC1. The van der Waals surface area contributed by atoms with E-state index in [1.807, 2.05) is 11.8 Å². The number of hydrogen-bond donors (Lipinski definition) is 0. The second-order valence-electron chi connectivity index (χ2n) is 3.00. The first-order valence-corrected chi connectivity index (χ1v) is 5.55. The van der Waals surface area contributed by atoms with Crippen LogP contribution in [0.4, 0.5) is 0 Å². The predicted molar refractivity (Wildman–Crippen MR) is 54.6 cm³/mol. The van der Waals surface area contributed by atoms with E-state index in [1.54, 1.807) is 0 Å². The van der Waals surface area contributed by atoms with Crippen molar-refractivity contribution in [1.82, 2.24) is 0 Å². The lowest BCUT2D eigenvalue weighted by molar-refractivity contribution is 0.624. The van der Waals surface area contributed by atoms with Gasteiger partial charge in [-0.05, 0) is 31.3 Å². The van der Waals surface area contributed by atoms with Crippen molar-refractivity contribution in [2.24, 2.45) is 4.99 Å². The molecule has 0 heterocycles. The second kappa shape index (κ2) is 4.24. The van der Waals surface area contributed by atoms with Crippen molar-refractivity contribution in [2.75, 3.05) is 12.8 Å². The smallest absolute Gasteiger partial charge is 0.0639 e. The highest BCUT2D eigenvalue weighted by Gasteiger charge is 2.32. The van der Waals surface area contributed by atoms with E-state index in [4.69, 9.17) is 0 Å². The van der Waals surface area contributed by atoms with Crippen LogP contribution in [0, 0.1) is 0 Å². The molecule has 0 bridgehead atoms. The summed E-state index contributed by atoms with van der Waals surface area (Å²) >= 11 is 6.50. The molecule has 1 rings (SSSR count). The average molecular weight is 187 g/mol. The molecular weight excluding hydrogens is 174 g/mol. The molecule has 0 aromatic heterocycles. The Morgan fingerprint density at radius 3 is 2.64 bits per heavy atom. The average Bonchev–Trinajstić information content (AvgIpc) is 2.50. The summed E-state index contributed by atoms with van der Waals surface area (Å²) in [6, 6.07) is 0. The molecule has 62 valence electrons. The van der Waals surface area contributed by atoms with E-state index in [-0.39, 0.29) is 0 Å². The number of thiocarbonyl (C=S) groups is 1. The molecule has 1 fully saturated rings. The summed E-state index contributed by atoms with van der Waals surface area (Å²) in [4.78, 5) is 4.04. The second-order valence-corrected chi connectivity index (χ2v) is 4.46. The van der Waals surface area contributed by atoms with Crippen molar-refractivity contribution < 1.29 is 0 Å². The topological polar surface area (TPSA) is 12.4 Å². The molecule has 0 aromatic carbocycles. The van der Waals surface area contributed by atoms with Crippen molar-refractivity contribution in [3.63, 3.8) is 0 Å². The molecule has 0 aliphatic heterocycles. The van der Waals surface area contributed by atoms with Crippen molar-refractivity contribution >= 4 is 29.1 Å². The molecule has 0 aromatic rings. The first kappa shape index (κ1) is 9.24. The zero-order chi connectivity index (χ0) is 8.16. The molecule has 0 atom stereocenters. The Morgan fingerprint density at radius 1 is 1.55 bits per heavy atom. The highest BCUT2D eigenvalue weighted by Crippen LogP contribution is 2.40. The monoisotopic (exact) mass is 187 g/mol. The number of hydrogen-bond acceptors (Lipinski definition) is 3. The molecule has 0 spiro atoms. The van der Waals surface area contributed by atoms with Gasteiger partial charge >= 0.3 is 0 Å². The molecule has 0 unspecified atom stereocenters. The molecule has 1 saturated carbocycles. The number of nitrogens with zero attached hydrogens (tertiary/aromatic N) is 1. The van der Waals surface area contributed by atoms with Gasteiger partial charge in [0, 0.05) is 4.75 Å². The van der Waals surface area contributed by atoms with Crippen LogP contribution in [-0.4, -0.2) is 22.7 Å². The largest absolute Gasteiger partial charge is 0.231 e. The van der Waals surface area contributed by atoms with Crippen molar-refractivity contribution in [1.29, 1.82) is 0 Å². The van der Waals surface area contributed by atoms with Gasteiger partial charge in [-0.2, -0.15) is 11.8 Å². The summed E-state index contributed by atoms with van der Waals surface area (Å²) in [5.41, 5.74) is 0. The van der Waals surface area contributed by atoms with Crippen LogP contribution < -0.4 is 0 Å². The minimum atomic E-state index is 0.409. The van der Waals surface area contributed by atoms with Gasteiger partial charge in [-0.1, -0.05) is 12.8 Å². The van der Waals surface area contributed by atoms with Gasteiger partial charge in [0.05, 0.1) is 11.7 Å². The fourth-order valence-electron chi connectivity index (χ4n) is 1.62. The van der Waals surface area contributed by atoms with Crippen LogP contribution >= 0.6 is 24.0 Å². The van der Waals surface area contributed by atoms with Crippen LogP contribution in [0.5, 0.6) is 0 Å². The Kier molecular flexibility index (Phi) is 3.57. The number of rotatable bonds is 3. The van der Waals surface area contributed by atoms with E-state index in [0.717, 1.165) is 6.54 Å². The highest BCUT2D eigenvalue weighted by molar-refractivity contribution is 8.00. The standard InChI is InChI=1S/C8H13NS2/c1-11-8(6-9-7-10)4-2-3-5-8/h2-6H2,1H3. The molecule has 0 saturated heterocycles. The van der Waals surface area contributed by atoms with Gasteiger partial charge in [-0.25, -0.2) is 4.99 Å². The van der Waals surface area contributed by atoms with Crippen LogP contribution in [0.25, 0.3) is 0 Å². The predicted octanol–water partition coefficient (Wildman–Crippen LogP) is 2.77. The maximum atomic E-state index is 4.56. The van der Waals surface area contributed by atoms with Gasteiger partial charge in [0.25, 0.3) is 0 Å². The molecular formula is C8H13NS2. The minimum Gasteiger partial charge on any atom is -0.231 e. The lowest BCUT2D eigenvalue weighted by Crippen LogP contribution is -2.23. The molecule has 11 heavy (non-hydrogen) atoms. The summed E-state index contributed by atoms with van der Waals surface area (Å²) in [5.74, 6) is 0. The third-order valence-corrected chi connectivity index (χ3v) is 3.91. The third kappa shape index (κ3) is 2.29. The maximum Gasteiger partial charge on any atom is 0.0639 e. The van der Waals surface area contributed by atoms with Crippen LogP contribution in [0.3, 0.4) is 0 Å². The Balaban J connectivity index is 2.51. The van der Waals surface area contributed by atoms with Crippen LogP contribution in [0.2, 0.25) is 0 Å². The molecule has 1 nitrogen and oxygen atoms in total. The van der Waals surface area contributed by atoms with E-state index in [2.05, 4.69) is 28.6 Å². The molecule has 0 amide bonds. The van der Waals surface area contributed by atoms with Crippen LogP contribution in [0.15, 0.2) is 4.99 Å². The zero-order valence-electron chi connectivity index (χ0n) is 6.80. The molecule has 1 aliphatic rings. The summed E-state index contributed by atoms with van der Waals surface area (Å²) < 4.78 is 0.409. The summed E-state index contributed by atoms with van der Waals surface area (Å²) in [6.07, 6.45) is 7.48. The van der Waals surface area contributed by atoms with E-state index < -0.39 is 0 Å². The highest BCUT2D eigenvalue weighted by atomic mass is 32.2. The van der Waals surface area contributed by atoms with Crippen molar-refractivity contribution in [3.8, 4) is 0 Å². The van der Waals surface area contributed by atoms with Gasteiger partial charge in [0.2, 0.25) is 0 Å². The normalized spacial score (nSPS) is 21.2.